The molecule has 2 aromatic rings. The first kappa shape index (κ1) is 12.5. The summed E-state index contributed by atoms with van der Waals surface area (Å²) < 4.78 is 0. The van der Waals surface area contributed by atoms with Gasteiger partial charge in [0.1, 0.15) is 0 Å². The van der Waals surface area contributed by atoms with Crippen LogP contribution in [0.3, 0.4) is 0 Å². The van der Waals surface area contributed by atoms with Crippen LogP contribution in [0.15, 0.2) is 42.5 Å². The number of non-ortho nitro benzene ring substituents is 2. The predicted octanol–water partition coefficient (Wildman–Crippen LogP) is 2.75. The second-order valence-corrected chi connectivity index (χ2v) is 3.84. The lowest BCUT2D eigenvalue weighted by Crippen LogP contribution is -1.94. The molecule has 0 aliphatic rings. The molecule has 7 heteroatoms. The maximum Gasteiger partial charge on any atom is 0.271 e. The molecule has 0 atom stereocenters. The van der Waals surface area contributed by atoms with E-state index < -0.39 is 9.85 Å². The molecule has 0 bridgehead atoms. The minimum absolute atomic E-state index is 0.0600. The summed E-state index contributed by atoms with van der Waals surface area (Å²) in [4.78, 5) is 20.2. The summed E-state index contributed by atoms with van der Waals surface area (Å²) in [6.07, 6.45) is 0. The highest BCUT2D eigenvalue weighted by molar-refractivity contribution is 5.79. The van der Waals surface area contributed by atoms with Crippen molar-refractivity contribution in [2.75, 3.05) is 5.73 Å². The van der Waals surface area contributed by atoms with Crippen LogP contribution in [-0.4, -0.2) is 9.85 Å². The van der Waals surface area contributed by atoms with Crippen LogP contribution >= 0.6 is 0 Å². The van der Waals surface area contributed by atoms with Crippen molar-refractivity contribution < 1.29 is 9.85 Å². The van der Waals surface area contributed by atoms with Crippen molar-refractivity contribution in [2.45, 2.75) is 0 Å². The smallest absolute Gasteiger partial charge is 0.271 e. The van der Waals surface area contributed by atoms with E-state index in [0.29, 0.717) is 11.1 Å². The number of benzene rings is 2. The van der Waals surface area contributed by atoms with E-state index in [9.17, 15) is 20.2 Å². The molecule has 0 saturated carbocycles. The first-order valence-electron chi connectivity index (χ1n) is 5.28. The summed E-state index contributed by atoms with van der Waals surface area (Å²) in [5.41, 5.74) is 6.83. The van der Waals surface area contributed by atoms with Gasteiger partial charge < -0.3 is 5.73 Å². The number of nitro benzene ring substituents is 2. The lowest BCUT2D eigenvalue weighted by molar-refractivity contribution is -0.384. The van der Waals surface area contributed by atoms with Crippen molar-refractivity contribution >= 4 is 17.1 Å². The van der Waals surface area contributed by atoms with E-state index in [1.165, 1.54) is 36.4 Å². The predicted molar refractivity (Wildman–Crippen MR) is 69.6 cm³/mol. The van der Waals surface area contributed by atoms with E-state index in [-0.39, 0.29) is 17.1 Å². The standard InChI is InChI=1S/C12H9N3O4/c13-12-7-10(15(18)19)4-5-11(12)8-2-1-3-9(6-8)14(16)17/h1-7H,13H2. The quantitative estimate of drug-likeness (QED) is 0.517. The molecule has 0 fully saturated rings. The van der Waals surface area contributed by atoms with Gasteiger partial charge in [-0.15, -0.1) is 0 Å². The van der Waals surface area contributed by atoms with Crippen molar-refractivity contribution in [3.05, 3.63) is 62.7 Å². The SMILES string of the molecule is Nc1cc([N+](=O)[O-])ccc1-c1cccc([N+](=O)[O-])c1. The molecule has 0 amide bonds. The van der Waals surface area contributed by atoms with Gasteiger partial charge in [-0.3, -0.25) is 20.2 Å². The number of hydrogen-bond acceptors (Lipinski definition) is 5. The van der Waals surface area contributed by atoms with E-state index >= 15 is 0 Å². The third-order valence-electron chi connectivity index (χ3n) is 2.61. The van der Waals surface area contributed by atoms with Gasteiger partial charge in [-0.2, -0.15) is 0 Å². The van der Waals surface area contributed by atoms with E-state index in [1.54, 1.807) is 6.07 Å². The molecular formula is C12H9N3O4. The van der Waals surface area contributed by atoms with Gasteiger partial charge in [-0.05, 0) is 11.6 Å². The molecule has 7 nitrogen and oxygen atoms in total. The van der Waals surface area contributed by atoms with E-state index in [2.05, 4.69) is 0 Å². The van der Waals surface area contributed by atoms with Crippen LogP contribution in [0.25, 0.3) is 11.1 Å². The van der Waals surface area contributed by atoms with Gasteiger partial charge in [0.2, 0.25) is 0 Å². The van der Waals surface area contributed by atoms with Crippen LogP contribution in [0.5, 0.6) is 0 Å². The number of anilines is 1. The first-order valence-corrected chi connectivity index (χ1v) is 5.28. The summed E-state index contributed by atoms with van der Waals surface area (Å²) >= 11 is 0. The van der Waals surface area contributed by atoms with Crippen molar-refractivity contribution in [3.8, 4) is 11.1 Å². The molecule has 0 aliphatic heterocycles. The van der Waals surface area contributed by atoms with Crippen molar-refractivity contribution in [1.82, 2.24) is 0 Å². The number of hydrogen-bond donors (Lipinski definition) is 1. The second kappa shape index (κ2) is 4.73. The Balaban J connectivity index is 2.50. The number of nitrogens with zero attached hydrogens (tertiary/aromatic N) is 2. The Hall–Kier alpha value is -2.96. The molecule has 0 aliphatic carbocycles. The third-order valence-corrected chi connectivity index (χ3v) is 2.61. The third kappa shape index (κ3) is 2.49. The van der Waals surface area contributed by atoms with Crippen LogP contribution in [-0.2, 0) is 0 Å². The van der Waals surface area contributed by atoms with Gasteiger partial charge in [0.15, 0.2) is 0 Å². The van der Waals surface area contributed by atoms with Gasteiger partial charge >= 0.3 is 0 Å². The number of rotatable bonds is 3. The highest BCUT2D eigenvalue weighted by Crippen LogP contribution is 2.31. The molecule has 2 rings (SSSR count). The molecule has 0 unspecified atom stereocenters. The summed E-state index contributed by atoms with van der Waals surface area (Å²) in [7, 11) is 0. The van der Waals surface area contributed by atoms with Crippen LogP contribution in [0, 0.1) is 20.2 Å². The highest BCUT2D eigenvalue weighted by atomic mass is 16.6. The zero-order chi connectivity index (χ0) is 14.0. The van der Waals surface area contributed by atoms with Gasteiger partial charge in [0.05, 0.1) is 9.85 Å². The molecular weight excluding hydrogens is 250 g/mol. The molecule has 0 saturated heterocycles. The highest BCUT2D eigenvalue weighted by Gasteiger charge is 2.12. The normalized spacial score (nSPS) is 10.1. The zero-order valence-electron chi connectivity index (χ0n) is 9.65. The first-order chi connectivity index (χ1) is 8.99. The Morgan fingerprint density at radius 2 is 1.53 bits per heavy atom. The largest absolute Gasteiger partial charge is 0.398 e. The monoisotopic (exact) mass is 259 g/mol. The van der Waals surface area contributed by atoms with Crippen LogP contribution in [0.4, 0.5) is 17.1 Å². The van der Waals surface area contributed by atoms with Gasteiger partial charge in [0.25, 0.3) is 11.4 Å². The average molecular weight is 259 g/mol. The summed E-state index contributed by atoms with van der Waals surface area (Å²) in [6, 6.07) is 9.95. The van der Waals surface area contributed by atoms with Gasteiger partial charge in [0, 0.05) is 35.5 Å². The van der Waals surface area contributed by atoms with E-state index in [4.69, 9.17) is 5.73 Å². The molecule has 0 heterocycles. The van der Waals surface area contributed by atoms with Gasteiger partial charge in [-0.1, -0.05) is 12.1 Å². The number of nitrogen functional groups attached to an aromatic ring is 1. The molecule has 0 radical (unpaired) electrons. The molecule has 2 aromatic carbocycles. The fourth-order valence-corrected chi connectivity index (χ4v) is 1.71. The molecule has 2 N–H and O–H groups in total. The molecule has 19 heavy (non-hydrogen) atoms. The maximum atomic E-state index is 10.7. The minimum atomic E-state index is -0.548. The van der Waals surface area contributed by atoms with Crippen LogP contribution < -0.4 is 5.73 Å². The Morgan fingerprint density at radius 1 is 0.895 bits per heavy atom. The zero-order valence-corrected chi connectivity index (χ0v) is 9.65. The Labute approximate surface area is 107 Å². The van der Waals surface area contributed by atoms with Crippen molar-refractivity contribution in [1.29, 1.82) is 0 Å². The van der Waals surface area contributed by atoms with Gasteiger partial charge in [-0.25, -0.2) is 0 Å². The number of nitro groups is 2. The van der Waals surface area contributed by atoms with Crippen LogP contribution in [0.1, 0.15) is 0 Å². The molecule has 96 valence electrons. The lowest BCUT2D eigenvalue weighted by Gasteiger charge is -2.05. The Morgan fingerprint density at radius 3 is 2.11 bits per heavy atom. The fraction of sp³-hybridized carbons (Fsp3) is 0. The molecule has 0 aromatic heterocycles. The maximum absolute atomic E-state index is 10.7. The summed E-state index contributed by atoms with van der Waals surface area (Å²) in [6.45, 7) is 0. The minimum Gasteiger partial charge on any atom is -0.398 e. The topological polar surface area (TPSA) is 112 Å². The van der Waals surface area contributed by atoms with Crippen molar-refractivity contribution in [2.24, 2.45) is 0 Å². The second-order valence-electron chi connectivity index (χ2n) is 3.84. The van der Waals surface area contributed by atoms with Crippen molar-refractivity contribution in [3.63, 3.8) is 0 Å². The molecule has 0 spiro atoms. The fourth-order valence-electron chi connectivity index (χ4n) is 1.71. The van der Waals surface area contributed by atoms with E-state index in [1.807, 2.05) is 0 Å². The number of nitrogens with two attached hydrogens (primary N) is 1. The lowest BCUT2D eigenvalue weighted by atomic mass is 10.0. The average Bonchev–Trinajstić information content (AvgIpc) is 2.38. The Bertz CT molecular complexity index is 670. The van der Waals surface area contributed by atoms with E-state index in [0.717, 1.165) is 0 Å². The Kier molecular flexibility index (Phi) is 3.11. The summed E-state index contributed by atoms with van der Waals surface area (Å²) in [5.74, 6) is 0. The van der Waals surface area contributed by atoms with Crippen LogP contribution in [0.2, 0.25) is 0 Å². The summed E-state index contributed by atoms with van der Waals surface area (Å²) in [5, 5.41) is 21.3.